The van der Waals surface area contributed by atoms with E-state index in [1.54, 1.807) is 0 Å². The fourth-order valence-electron chi connectivity index (χ4n) is 2.51. The van der Waals surface area contributed by atoms with E-state index in [-0.39, 0.29) is 0 Å². The minimum atomic E-state index is 0.433. The lowest BCUT2D eigenvalue weighted by atomic mass is 10.0. The lowest BCUT2D eigenvalue weighted by Crippen LogP contribution is -1.94. The molecule has 86 valence electrons. The van der Waals surface area contributed by atoms with Crippen molar-refractivity contribution in [1.82, 2.24) is 0 Å². The maximum Gasteiger partial charge on any atom is 0.0567 e. The average molecular weight is 344 g/mol. The molecule has 2 rings (SSSR count). The van der Waals surface area contributed by atoms with Crippen molar-refractivity contribution in [2.75, 3.05) is 0 Å². The molecule has 1 aromatic rings. The summed E-state index contributed by atoms with van der Waals surface area (Å²) in [5.74, 6) is 1.45. The second-order valence-corrected chi connectivity index (χ2v) is 7.87. The molecule has 0 nitrogen and oxygen atoms in total. The lowest BCUT2D eigenvalue weighted by Gasteiger charge is -2.02. The van der Waals surface area contributed by atoms with Gasteiger partial charge in [-0.3, -0.25) is 0 Å². The highest BCUT2D eigenvalue weighted by molar-refractivity contribution is 9.28. The third-order valence-corrected chi connectivity index (χ3v) is 4.27. The normalized spacial score (nSPS) is 26.2. The van der Waals surface area contributed by atoms with Crippen LogP contribution in [0.2, 0.25) is 0 Å². The molecule has 0 saturated heterocycles. The monoisotopic (exact) mass is 342 g/mol. The maximum absolute atomic E-state index is 3.46. The van der Waals surface area contributed by atoms with Gasteiger partial charge in [0.25, 0.3) is 0 Å². The van der Waals surface area contributed by atoms with Gasteiger partial charge in [0.05, 0.1) is 3.39 Å². The Labute approximate surface area is 114 Å². The van der Waals surface area contributed by atoms with Crippen molar-refractivity contribution in [3.8, 4) is 0 Å². The van der Waals surface area contributed by atoms with E-state index in [2.05, 4.69) is 82.1 Å². The van der Waals surface area contributed by atoms with Crippen LogP contribution in [0.1, 0.15) is 19.4 Å². The van der Waals surface area contributed by atoms with E-state index in [1.807, 2.05) is 0 Å². The molecule has 0 aliphatic heterocycles. The summed E-state index contributed by atoms with van der Waals surface area (Å²) in [5.41, 5.74) is 1.88. The van der Waals surface area contributed by atoms with Crippen LogP contribution in [0.25, 0.3) is 0 Å². The second kappa shape index (κ2) is 4.66. The number of hydrogen-bond acceptors (Lipinski definition) is 0. The Kier molecular flexibility index (Phi) is 3.60. The molecule has 0 radical (unpaired) electrons. The smallest absolute Gasteiger partial charge is 0.0567 e. The van der Waals surface area contributed by atoms with Crippen LogP contribution >= 0.6 is 31.9 Å². The van der Waals surface area contributed by atoms with Gasteiger partial charge in [0.2, 0.25) is 0 Å². The van der Waals surface area contributed by atoms with E-state index in [0.717, 1.165) is 9.31 Å². The van der Waals surface area contributed by atoms with E-state index in [1.165, 1.54) is 12.0 Å². The highest BCUT2D eigenvalue weighted by atomic mass is 79.9. The standard InChI is InChI=1S/C14H16Br2/c1-14(2)11(12(14)9-13(15)16)8-10-6-4-3-5-7-10/h3-7,9,11-12H,8H2,1-2H3/t11-,12+/m1/s1. The predicted octanol–water partition coefficient (Wildman–Crippen LogP) is 5.13. The molecule has 0 N–H and O–H groups in total. The van der Waals surface area contributed by atoms with Gasteiger partial charge in [-0.05, 0) is 61.1 Å². The topological polar surface area (TPSA) is 0 Å². The zero-order valence-corrected chi connectivity index (χ0v) is 12.8. The van der Waals surface area contributed by atoms with Crippen LogP contribution < -0.4 is 0 Å². The second-order valence-electron chi connectivity index (χ2n) is 5.10. The minimum Gasteiger partial charge on any atom is -0.0622 e. The van der Waals surface area contributed by atoms with E-state index in [0.29, 0.717) is 11.3 Å². The van der Waals surface area contributed by atoms with E-state index >= 15 is 0 Å². The molecule has 0 spiro atoms. The van der Waals surface area contributed by atoms with Gasteiger partial charge in [-0.25, -0.2) is 0 Å². The van der Waals surface area contributed by atoms with Crippen LogP contribution in [0.3, 0.4) is 0 Å². The van der Waals surface area contributed by atoms with Crippen LogP contribution in [0, 0.1) is 17.3 Å². The molecule has 0 unspecified atom stereocenters. The molecule has 2 atom stereocenters. The molecule has 1 fully saturated rings. The molecular weight excluding hydrogens is 328 g/mol. The van der Waals surface area contributed by atoms with Gasteiger partial charge in [0.1, 0.15) is 0 Å². The van der Waals surface area contributed by atoms with Crippen LogP contribution in [-0.2, 0) is 6.42 Å². The molecule has 0 amide bonds. The van der Waals surface area contributed by atoms with Crippen LogP contribution in [0.4, 0.5) is 0 Å². The largest absolute Gasteiger partial charge is 0.0622 e. The molecule has 1 aliphatic carbocycles. The first kappa shape index (κ1) is 12.4. The Morgan fingerprint density at radius 2 is 1.88 bits per heavy atom. The summed E-state index contributed by atoms with van der Waals surface area (Å²) in [6.07, 6.45) is 3.47. The lowest BCUT2D eigenvalue weighted by molar-refractivity contribution is 0.549. The Hall–Kier alpha value is -0.0800. The number of allylic oxidation sites excluding steroid dienone is 1. The van der Waals surface area contributed by atoms with Gasteiger partial charge in [-0.2, -0.15) is 0 Å². The SMILES string of the molecule is CC1(C)[C@H](Cc2ccccc2)[C@@H]1C=C(Br)Br. The highest BCUT2D eigenvalue weighted by Crippen LogP contribution is 2.61. The predicted molar refractivity (Wildman–Crippen MR) is 76.8 cm³/mol. The van der Waals surface area contributed by atoms with Gasteiger partial charge in [0.15, 0.2) is 0 Å². The Morgan fingerprint density at radius 1 is 1.25 bits per heavy atom. The summed E-state index contributed by atoms with van der Waals surface area (Å²) in [7, 11) is 0. The summed E-state index contributed by atoms with van der Waals surface area (Å²) in [5, 5.41) is 0. The molecule has 0 heterocycles. The van der Waals surface area contributed by atoms with Gasteiger partial charge < -0.3 is 0 Å². The third kappa shape index (κ3) is 2.60. The van der Waals surface area contributed by atoms with E-state index in [4.69, 9.17) is 0 Å². The molecule has 1 aromatic carbocycles. The molecule has 1 aliphatic rings. The van der Waals surface area contributed by atoms with Crippen molar-refractivity contribution >= 4 is 31.9 Å². The number of benzene rings is 1. The summed E-state index contributed by atoms with van der Waals surface area (Å²) in [6.45, 7) is 4.70. The summed E-state index contributed by atoms with van der Waals surface area (Å²) >= 11 is 6.91. The van der Waals surface area contributed by atoms with Crippen molar-refractivity contribution in [1.29, 1.82) is 0 Å². The third-order valence-electron chi connectivity index (χ3n) is 3.74. The average Bonchev–Trinajstić information content (AvgIpc) is 2.70. The van der Waals surface area contributed by atoms with Crippen LogP contribution in [0.15, 0.2) is 39.8 Å². The zero-order valence-electron chi connectivity index (χ0n) is 9.58. The highest BCUT2D eigenvalue weighted by Gasteiger charge is 2.55. The first-order valence-electron chi connectivity index (χ1n) is 5.58. The Bertz CT molecular complexity index is 388. The van der Waals surface area contributed by atoms with Crippen molar-refractivity contribution < 1.29 is 0 Å². The molecule has 0 aromatic heterocycles. The molecular formula is C14H16Br2. The Balaban J connectivity index is 2.05. The fourth-order valence-corrected chi connectivity index (χ4v) is 3.08. The van der Waals surface area contributed by atoms with Crippen molar-refractivity contribution in [3.05, 3.63) is 45.4 Å². The Morgan fingerprint density at radius 3 is 2.44 bits per heavy atom. The molecule has 16 heavy (non-hydrogen) atoms. The van der Waals surface area contributed by atoms with E-state index in [9.17, 15) is 0 Å². The van der Waals surface area contributed by atoms with Gasteiger partial charge >= 0.3 is 0 Å². The van der Waals surface area contributed by atoms with Gasteiger partial charge in [-0.15, -0.1) is 0 Å². The first-order valence-corrected chi connectivity index (χ1v) is 7.17. The molecule has 1 saturated carbocycles. The molecule has 0 bridgehead atoms. The van der Waals surface area contributed by atoms with E-state index < -0.39 is 0 Å². The van der Waals surface area contributed by atoms with Gasteiger partial charge in [0, 0.05) is 0 Å². The van der Waals surface area contributed by atoms with Crippen LogP contribution in [0.5, 0.6) is 0 Å². The summed E-state index contributed by atoms with van der Waals surface area (Å²) in [6, 6.07) is 10.8. The summed E-state index contributed by atoms with van der Waals surface area (Å²) in [4.78, 5) is 0. The van der Waals surface area contributed by atoms with Crippen molar-refractivity contribution in [2.24, 2.45) is 17.3 Å². The summed E-state index contributed by atoms with van der Waals surface area (Å²) < 4.78 is 1.08. The number of hydrogen-bond donors (Lipinski definition) is 0. The fraction of sp³-hybridized carbons (Fsp3) is 0.429. The zero-order chi connectivity index (χ0) is 11.8. The van der Waals surface area contributed by atoms with Gasteiger partial charge in [-0.1, -0.05) is 50.3 Å². The quantitative estimate of drug-likeness (QED) is 0.713. The number of rotatable bonds is 3. The maximum atomic E-state index is 3.46. The van der Waals surface area contributed by atoms with Crippen molar-refractivity contribution in [3.63, 3.8) is 0 Å². The first-order chi connectivity index (χ1) is 7.51. The van der Waals surface area contributed by atoms with Crippen LogP contribution in [-0.4, -0.2) is 0 Å². The number of halogens is 2. The minimum absolute atomic E-state index is 0.433. The molecule has 2 heteroatoms. The van der Waals surface area contributed by atoms with Crippen molar-refractivity contribution in [2.45, 2.75) is 20.3 Å².